The molecule has 0 radical (unpaired) electrons. The molecule has 1 aliphatic heterocycles. The van der Waals surface area contributed by atoms with Crippen LogP contribution in [0.2, 0.25) is 0 Å². The molecule has 0 unspecified atom stereocenters. The topological polar surface area (TPSA) is 67.3 Å². The number of rotatable bonds is 5. The third-order valence-electron chi connectivity index (χ3n) is 4.45. The van der Waals surface area contributed by atoms with Crippen LogP contribution in [0.4, 0.5) is 11.6 Å². The van der Waals surface area contributed by atoms with E-state index >= 15 is 0 Å². The van der Waals surface area contributed by atoms with Gasteiger partial charge in [-0.3, -0.25) is 4.79 Å². The lowest BCUT2D eigenvalue weighted by atomic mass is 10.0. The van der Waals surface area contributed by atoms with Crippen LogP contribution in [0.15, 0.2) is 30.3 Å². The number of nitrogens with one attached hydrogen (secondary N) is 1. The molecule has 1 aromatic carbocycles. The van der Waals surface area contributed by atoms with Crippen molar-refractivity contribution in [3.63, 3.8) is 0 Å². The Morgan fingerprint density at radius 2 is 2.04 bits per heavy atom. The minimum atomic E-state index is -0.210. The first-order valence-corrected chi connectivity index (χ1v) is 9.09. The van der Waals surface area contributed by atoms with Crippen molar-refractivity contribution in [2.24, 2.45) is 5.92 Å². The van der Waals surface area contributed by atoms with Crippen LogP contribution in [0.25, 0.3) is 0 Å². The Hall–Kier alpha value is -2.63. The van der Waals surface area contributed by atoms with Gasteiger partial charge >= 0.3 is 0 Å². The Kier molecular flexibility index (Phi) is 5.71. The molecule has 2 heterocycles. The Morgan fingerprint density at radius 3 is 2.77 bits per heavy atom. The van der Waals surface area contributed by atoms with E-state index in [1.807, 2.05) is 38.1 Å². The predicted molar refractivity (Wildman–Crippen MR) is 103 cm³/mol. The van der Waals surface area contributed by atoms with E-state index in [-0.39, 0.29) is 12.5 Å². The zero-order valence-electron chi connectivity index (χ0n) is 15.7. The van der Waals surface area contributed by atoms with Gasteiger partial charge in [0.05, 0.1) is 0 Å². The number of piperidine rings is 1. The summed E-state index contributed by atoms with van der Waals surface area (Å²) in [7, 11) is 0. The molecule has 1 aromatic heterocycles. The zero-order chi connectivity index (χ0) is 18.5. The second-order valence-electron chi connectivity index (χ2n) is 7.04. The van der Waals surface area contributed by atoms with E-state index in [1.54, 1.807) is 6.07 Å². The van der Waals surface area contributed by atoms with E-state index in [1.165, 1.54) is 6.42 Å². The summed E-state index contributed by atoms with van der Waals surface area (Å²) in [5.74, 6) is 1.55. The Bertz CT molecular complexity index is 761. The van der Waals surface area contributed by atoms with Crippen molar-refractivity contribution in [3.05, 3.63) is 41.6 Å². The molecule has 1 aliphatic rings. The molecular weight excluding hydrogens is 328 g/mol. The number of anilines is 2. The van der Waals surface area contributed by atoms with Crippen LogP contribution < -0.4 is 15.0 Å². The molecule has 1 amide bonds. The summed E-state index contributed by atoms with van der Waals surface area (Å²) in [6.45, 7) is 8.00. The number of benzene rings is 1. The maximum absolute atomic E-state index is 12.1. The fourth-order valence-corrected chi connectivity index (χ4v) is 3.08. The van der Waals surface area contributed by atoms with Crippen LogP contribution in [0, 0.1) is 19.8 Å². The summed E-state index contributed by atoms with van der Waals surface area (Å²) in [6.07, 6.45) is 2.39. The van der Waals surface area contributed by atoms with Crippen LogP contribution in [-0.2, 0) is 4.79 Å². The molecule has 6 nitrogen and oxygen atoms in total. The highest BCUT2D eigenvalue weighted by atomic mass is 16.5. The third-order valence-corrected chi connectivity index (χ3v) is 4.45. The monoisotopic (exact) mass is 354 g/mol. The smallest absolute Gasteiger partial charge is 0.262 e. The number of aromatic nitrogens is 2. The van der Waals surface area contributed by atoms with Crippen LogP contribution in [0.1, 0.15) is 31.0 Å². The van der Waals surface area contributed by atoms with E-state index in [0.717, 1.165) is 36.5 Å². The standard InChI is InChI=1S/C20H26N4O2/c1-14-6-8-17(9-7-14)22-18(25)13-26-19-11-16(3)21-20(23-19)24-10-4-5-15(2)12-24/h6-9,11,15H,4-5,10,12-13H2,1-3H3,(H,22,25)/t15-/m1/s1. The van der Waals surface area contributed by atoms with Crippen molar-refractivity contribution in [1.29, 1.82) is 0 Å². The molecule has 1 atom stereocenters. The summed E-state index contributed by atoms with van der Waals surface area (Å²) in [5, 5.41) is 2.82. The van der Waals surface area contributed by atoms with E-state index in [9.17, 15) is 4.79 Å². The van der Waals surface area contributed by atoms with Gasteiger partial charge in [-0.15, -0.1) is 0 Å². The van der Waals surface area contributed by atoms with Gasteiger partial charge in [0, 0.05) is 30.5 Å². The quantitative estimate of drug-likeness (QED) is 0.892. The molecule has 2 aromatic rings. The summed E-state index contributed by atoms with van der Waals surface area (Å²) in [6, 6.07) is 9.41. The minimum absolute atomic E-state index is 0.0832. The molecule has 0 aliphatic carbocycles. The Morgan fingerprint density at radius 1 is 1.27 bits per heavy atom. The average molecular weight is 354 g/mol. The van der Waals surface area contributed by atoms with E-state index in [0.29, 0.717) is 17.7 Å². The van der Waals surface area contributed by atoms with Crippen molar-refractivity contribution in [2.45, 2.75) is 33.6 Å². The van der Waals surface area contributed by atoms with Gasteiger partial charge in [-0.25, -0.2) is 4.98 Å². The number of carbonyl (C=O) groups excluding carboxylic acids is 1. The molecule has 3 rings (SSSR count). The lowest BCUT2D eigenvalue weighted by Crippen LogP contribution is -2.35. The highest BCUT2D eigenvalue weighted by Gasteiger charge is 2.19. The third kappa shape index (κ3) is 4.94. The van der Waals surface area contributed by atoms with Crippen LogP contribution in [-0.4, -0.2) is 35.6 Å². The molecule has 26 heavy (non-hydrogen) atoms. The number of nitrogens with zero attached hydrogens (tertiary/aromatic N) is 3. The number of aryl methyl sites for hydroxylation is 2. The molecule has 6 heteroatoms. The lowest BCUT2D eigenvalue weighted by molar-refractivity contribution is -0.118. The Balaban J connectivity index is 1.60. The maximum atomic E-state index is 12.1. The van der Waals surface area contributed by atoms with Crippen molar-refractivity contribution in [3.8, 4) is 5.88 Å². The maximum Gasteiger partial charge on any atom is 0.262 e. The largest absolute Gasteiger partial charge is 0.467 e. The molecule has 138 valence electrons. The van der Waals surface area contributed by atoms with E-state index < -0.39 is 0 Å². The zero-order valence-corrected chi connectivity index (χ0v) is 15.7. The van der Waals surface area contributed by atoms with Crippen LogP contribution >= 0.6 is 0 Å². The minimum Gasteiger partial charge on any atom is -0.467 e. The second kappa shape index (κ2) is 8.17. The molecule has 1 N–H and O–H groups in total. The molecule has 1 saturated heterocycles. The first-order valence-electron chi connectivity index (χ1n) is 9.09. The highest BCUT2D eigenvalue weighted by molar-refractivity contribution is 5.91. The molecular formula is C20H26N4O2. The molecule has 0 saturated carbocycles. The van der Waals surface area contributed by atoms with Gasteiger partial charge in [0.1, 0.15) is 0 Å². The first-order chi connectivity index (χ1) is 12.5. The lowest BCUT2D eigenvalue weighted by Gasteiger charge is -2.31. The Labute approximate surface area is 154 Å². The van der Waals surface area contributed by atoms with Crippen LogP contribution in [0.3, 0.4) is 0 Å². The summed E-state index contributed by atoms with van der Waals surface area (Å²) in [4.78, 5) is 23.3. The van der Waals surface area contributed by atoms with Gasteiger partial charge < -0.3 is 15.0 Å². The second-order valence-corrected chi connectivity index (χ2v) is 7.04. The van der Waals surface area contributed by atoms with Gasteiger partial charge in [-0.1, -0.05) is 24.6 Å². The number of hydrogen-bond acceptors (Lipinski definition) is 5. The van der Waals surface area contributed by atoms with Gasteiger partial charge in [0.25, 0.3) is 5.91 Å². The van der Waals surface area contributed by atoms with Gasteiger partial charge in [-0.2, -0.15) is 4.98 Å². The van der Waals surface area contributed by atoms with Gasteiger partial charge in [0.2, 0.25) is 11.8 Å². The fraction of sp³-hybridized carbons (Fsp3) is 0.450. The SMILES string of the molecule is Cc1ccc(NC(=O)COc2cc(C)nc(N3CCC[C@@H](C)C3)n2)cc1. The molecule has 0 spiro atoms. The summed E-state index contributed by atoms with van der Waals surface area (Å²) >= 11 is 0. The summed E-state index contributed by atoms with van der Waals surface area (Å²) < 4.78 is 5.61. The van der Waals surface area contributed by atoms with Gasteiger partial charge in [-0.05, 0) is 44.7 Å². The van der Waals surface area contributed by atoms with E-state index in [4.69, 9.17) is 4.74 Å². The van der Waals surface area contributed by atoms with Gasteiger partial charge in [0.15, 0.2) is 6.61 Å². The molecule has 1 fully saturated rings. The summed E-state index contributed by atoms with van der Waals surface area (Å²) in [5.41, 5.74) is 2.74. The van der Waals surface area contributed by atoms with Crippen molar-refractivity contribution < 1.29 is 9.53 Å². The fourth-order valence-electron chi connectivity index (χ4n) is 3.08. The predicted octanol–water partition coefficient (Wildman–Crippen LogP) is 3.35. The number of amides is 1. The van der Waals surface area contributed by atoms with E-state index in [2.05, 4.69) is 27.1 Å². The van der Waals surface area contributed by atoms with Crippen molar-refractivity contribution >= 4 is 17.5 Å². The highest BCUT2D eigenvalue weighted by Crippen LogP contribution is 2.22. The normalized spacial score (nSPS) is 17.0. The first kappa shape index (κ1) is 18.2. The average Bonchev–Trinajstić information content (AvgIpc) is 2.61. The van der Waals surface area contributed by atoms with Crippen molar-refractivity contribution in [1.82, 2.24) is 9.97 Å². The van der Waals surface area contributed by atoms with Crippen LogP contribution in [0.5, 0.6) is 5.88 Å². The van der Waals surface area contributed by atoms with Crippen molar-refractivity contribution in [2.75, 3.05) is 29.9 Å². The molecule has 0 bridgehead atoms. The number of hydrogen-bond donors (Lipinski definition) is 1. The number of carbonyl (C=O) groups is 1. The number of ether oxygens (including phenoxy) is 1.